The number of carbonyl (C=O) groups is 2. The molecule has 179 valence electrons. The Balaban J connectivity index is 1.46. The molecule has 2 aromatic carbocycles. The van der Waals surface area contributed by atoms with Crippen molar-refractivity contribution in [3.8, 4) is 0 Å². The number of hydrogen-bond acceptors (Lipinski definition) is 2. The molecule has 0 N–H and O–H groups in total. The van der Waals surface area contributed by atoms with Crippen LogP contribution >= 0.6 is 0 Å². The van der Waals surface area contributed by atoms with Crippen molar-refractivity contribution in [1.82, 2.24) is 0 Å². The van der Waals surface area contributed by atoms with Gasteiger partial charge in [0.05, 0.1) is 5.92 Å². The number of halogens is 4. The number of fused-ring (bicyclic) bond motifs is 3. The summed E-state index contributed by atoms with van der Waals surface area (Å²) in [5.41, 5.74) is 0.852. The standard InChI is InChI=1S/C26H27BF4NO2/c27-32-11-9-17(10-12-32)20(16-32)13-21(26(29,30)31)15-23(33)14-19-3-1-2-4-24(19)25(34)18-5-7-22(28)8-6-18/h1-8,17,20-21H,9-16H2/t17?,20-,21-,32?/m1/s1. The van der Waals surface area contributed by atoms with Crippen LogP contribution in [0.3, 0.4) is 0 Å². The number of alkyl halides is 3. The highest BCUT2D eigenvalue weighted by Crippen LogP contribution is 2.43. The van der Waals surface area contributed by atoms with Gasteiger partial charge in [-0.25, -0.2) is 12.4 Å². The van der Waals surface area contributed by atoms with Crippen molar-refractivity contribution >= 4 is 19.5 Å². The van der Waals surface area contributed by atoms with Crippen molar-refractivity contribution in [2.24, 2.45) is 17.8 Å². The van der Waals surface area contributed by atoms with E-state index in [-0.39, 0.29) is 35.8 Å². The molecule has 0 amide bonds. The van der Waals surface area contributed by atoms with E-state index in [0.29, 0.717) is 16.5 Å². The fourth-order valence-electron chi connectivity index (χ4n) is 5.55. The summed E-state index contributed by atoms with van der Waals surface area (Å²) >= 11 is 0. The van der Waals surface area contributed by atoms with Crippen LogP contribution in [0.15, 0.2) is 48.5 Å². The molecule has 2 aromatic rings. The number of carbonyl (C=O) groups excluding carboxylic acids is 2. The molecule has 5 rings (SSSR count). The van der Waals surface area contributed by atoms with E-state index in [1.807, 2.05) is 0 Å². The zero-order valence-electron chi connectivity index (χ0n) is 18.9. The summed E-state index contributed by atoms with van der Waals surface area (Å²) in [4.78, 5) is 25.7. The third-order valence-corrected chi connectivity index (χ3v) is 7.44. The van der Waals surface area contributed by atoms with Crippen LogP contribution in [0.4, 0.5) is 17.6 Å². The van der Waals surface area contributed by atoms with Gasteiger partial charge < -0.3 is 4.39 Å². The molecule has 3 nitrogen and oxygen atoms in total. The van der Waals surface area contributed by atoms with E-state index in [4.69, 9.17) is 7.98 Å². The van der Waals surface area contributed by atoms with Crippen LogP contribution in [-0.4, -0.2) is 49.8 Å². The normalized spacial score (nSPS) is 25.2. The SMILES string of the molecule is [B-][N+]12CCC(CC1)[C@H](C[C@H](CC(=O)Cc1ccccc1C(=O)c1ccc(F)cc1)C(F)(F)F)C2. The lowest BCUT2D eigenvalue weighted by Crippen LogP contribution is -2.60. The molecule has 0 unspecified atom stereocenters. The lowest BCUT2D eigenvalue weighted by molar-refractivity contribution is -0.841. The highest BCUT2D eigenvalue weighted by molar-refractivity contribution is 6.10. The largest absolute Gasteiger partial charge is 0.588 e. The van der Waals surface area contributed by atoms with Crippen molar-refractivity contribution in [1.29, 1.82) is 0 Å². The molecule has 8 heteroatoms. The molecule has 0 aromatic heterocycles. The fraction of sp³-hybridized carbons (Fsp3) is 0.462. The number of hydrogen-bond donors (Lipinski definition) is 0. The second kappa shape index (κ2) is 9.64. The molecular weight excluding hydrogens is 445 g/mol. The van der Waals surface area contributed by atoms with Crippen LogP contribution in [0.2, 0.25) is 0 Å². The molecule has 2 bridgehead atoms. The minimum atomic E-state index is -4.48. The van der Waals surface area contributed by atoms with E-state index < -0.39 is 35.9 Å². The summed E-state index contributed by atoms with van der Waals surface area (Å²) < 4.78 is 55.2. The van der Waals surface area contributed by atoms with Crippen molar-refractivity contribution < 1.29 is 31.5 Å². The van der Waals surface area contributed by atoms with Gasteiger partial charge in [0.2, 0.25) is 0 Å². The zero-order valence-corrected chi connectivity index (χ0v) is 18.9. The second-order valence-corrected chi connectivity index (χ2v) is 9.83. The molecule has 3 heterocycles. The Hall–Kier alpha value is -2.48. The highest BCUT2D eigenvalue weighted by Gasteiger charge is 2.46. The van der Waals surface area contributed by atoms with E-state index in [1.54, 1.807) is 18.2 Å². The van der Waals surface area contributed by atoms with Crippen molar-refractivity contribution in [2.45, 2.75) is 38.3 Å². The van der Waals surface area contributed by atoms with Crippen LogP contribution < -0.4 is 0 Å². The van der Waals surface area contributed by atoms with Gasteiger partial charge in [0.15, 0.2) is 5.78 Å². The molecule has 34 heavy (non-hydrogen) atoms. The van der Waals surface area contributed by atoms with Crippen LogP contribution in [-0.2, 0) is 11.2 Å². The highest BCUT2D eigenvalue weighted by atomic mass is 19.4. The van der Waals surface area contributed by atoms with Crippen molar-refractivity contribution in [3.05, 3.63) is 71.0 Å². The number of quaternary nitrogens is 1. The first-order valence-corrected chi connectivity index (χ1v) is 11.7. The molecule has 3 fully saturated rings. The molecule has 3 radical (unpaired) electrons. The third-order valence-electron chi connectivity index (χ3n) is 7.44. The topological polar surface area (TPSA) is 34.1 Å². The number of nitrogens with zero attached hydrogens (tertiary/aromatic N) is 1. The molecule has 0 saturated carbocycles. The molecule has 3 aliphatic heterocycles. The van der Waals surface area contributed by atoms with Crippen molar-refractivity contribution in [3.63, 3.8) is 0 Å². The Kier molecular flexibility index (Phi) is 6.99. The van der Waals surface area contributed by atoms with Gasteiger partial charge in [-0.05, 0) is 55.0 Å². The molecule has 0 aliphatic carbocycles. The maximum Gasteiger partial charge on any atom is 0.392 e. The smallest absolute Gasteiger partial charge is 0.392 e. The predicted octanol–water partition coefficient (Wildman–Crippen LogP) is 5.07. The first-order chi connectivity index (χ1) is 16.0. The molecule has 2 atom stereocenters. The van der Waals surface area contributed by atoms with Crippen LogP contribution in [0, 0.1) is 23.6 Å². The molecule has 3 saturated heterocycles. The second-order valence-electron chi connectivity index (χ2n) is 9.83. The van der Waals surface area contributed by atoms with Crippen molar-refractivity contribution in [2.75, 3.05) is 19.6 Å². The van der Waals surface area contributed by atoms with Crippen LogP contribution in [0.5, 0.6) is 0 Å². The van der Waals surface area contributed by atoms with Crippen LogP contribution in [0.25, 0.3) is 0 Å². The maximum absolute atomic E-state index is 13.9. The summed E-state index contributed by atoms with van der Waals surface area (Å²) in [5, 5.41) is 0. The van der Waals surface area contributed by atoms with Gasteiger partial charge in [-0.1, -0.05) is 24.3 Å². The van der Waals surface area contributed by atoms with Gasteiger partial charge in [0.1, 0.15) is 11.6 Å². The number of Topliss-reactive ketones (excluding diaryl/α,β-unsaturated/α-hetero) is 1. The number of piperidine rings is 3. The average Bonchev–Trinajstić information content (AvgIpc) is 2.78. The summed E-state index contributed by atoms with van der Waals surface area (Å²) in [5.74, 6) is -3.07. The Morgan fingerprint density at radius 2 is 1.68 bits per heavy atom. The zero-order chi connectivity index (χ0) is 24.5. The molecule has 3 aliphatic rings. The summed E-state index contributed by atoms with van der Waals surface area (Å²) in [7, 11) is 6.31. The maximum atomic E-state index is 13.9. The van der Waals surface area contributed by atoms with Gasteiger partial charge in [0, 0.05) is 49.5 Å². The summed E-state index contributed by atoms with van der Waals surface area (Å²) in [6.07, 6.45) is -3.79. The monoisotopic (exact) mass is 472 g/mol. The van der Waals surface area contributed by atoms with E-state index >= 15 is 0 Å². The molecule has 0 spiro atoms. The Morgan fingerprint density at radius 3 is 2.29 bits per heavy atom. The van der Waals surface area contributed by atoms with Gasteiger partial charge in [-0.15, -0.1) is 0 Å². The Bertz CT molecular complexity index is 1050. The first-order valence-electron chi connectivity index (χ1n) is 11.7. The number of rotatable bonds is 8. The lowest BCUT2D eigenvalue weighted by atomic mass is 9.71. The first kappa shape index (κ1) is 24.6. The van der Waals surface area contributed by atoms with Gasteiger partial charge in [0.25, 0.3) is 0 Å². The van der Waals surface area contributed by atoms with Crippen LogP contribution in [0.1, 0.15) is 47.2 Å². The Morgan fingerprint density at radius 1 is 1.03 bits per heavy atom. The lowest BCUT2D eigenvalue weighted by Gasteiger charge is -2.62. The number of benzene rings is 2. The predicted molar refractivity (Wildman–Crippen MR) is 121 cm³/mol. The van der Waals surface area contributed by atoms with Gasteiger partial charge in [-0.3, -0.25) is 9.59 Å². The fourth-order valence-corrected chi connectivity index (χ4v) is 5.55. The minimum Gasteiger partial charge on any atom is -0.588 e. The quantitative estimate of drug-likeness (QED) is 0.306. The van der Waals surface area contributed by atoms with E-state index in [1.165, 1.54) is 18.2 Å². The summed E-state index contributed by atoms with van der Waals surface area (Å²) in [6.45, 7) is 2.13. The van der Waals surface area contributed by atoms with E-state index in [0.717, 1.165) is 38.1 Å². The van der Waals surface area contributed by atoms with E-state index in [2.05, 4.69) is 0 Å². The van der Waals surface area contributed by atoms with Gasteiger partial charge in [-0.2, -0.15) is 13.2 Å². The molecular formula is C26H27BF4NO2. The number of ketones is 2. The third kappa shape index (κ3) is 5.60. The Labute approximate surface area is 198 Å². The average molecular weight is 472 g/mol. The minimum absolute atomic E-state index is 0.0900. The summed E-state index contributed by atoms with van der Waals surface area (Å²) in [6, 6.07) is 11.4. The van der Waals surface area contributed by atoms with Gasteiger partial charge >= 0.3 is 6.18 Å². The van der Waals surface area contributed by atoms with E-state index in [9.17, 15) is 27.2 Å².